The number of nitrogens with zero attached hydrogens (tertiary/aromatic N) is 4. The first-order valence-electron chi connectivity index (χ1n) is 17.1. The van der Waals surface area contributed by atoms with Gasteiger partial charge in [-0.05, 0) is 30.3 Å². The fraction of sp³-hybridized carbons (Fsp3) is 0. The Morgan fingerprint density at radius 2 is 1.36 bits per heavy atom. The van der Waals surface area contributed by atoms with Crippen LogP contribution < -0.4 is 0 Å². The van der Waals surface area contributed by atoms with Crippen molar-refractivity contribution in [2.24, 2.45) is 0 Å². The van der Waals surface area contributed by atoms with E-state index in [1.807, 2.05) is 59.2 Å². The van der Waals surface area contributed by atoms with Gasteiger partial charge in [0.2, 0.25) is 5.95 Å². The standard InChI is InChI=1S/C39H23N5S/c1-2-11-23(12-3-1)37-41-38(29-17-10-16-27-25-14-6-9-20-33(25)45-36(27)29)43-39(42-37)44-31-19-8-5-15-28(31)34-32(44)22-21-26-24-13-4-7-18-30(24)40-35(26)34/h1-22,40H/i1D,2D,3D,11D,12D. The molecule has 6 aromatic carbocycles. The van der Waals surface area contributed by atoms with Crippen molar-refractivity contribution in [3.63, 3.8) is 0 Å². The maximum atomic E-state index is 8.82. The molecule has 210 valence electrons. The molecular formula is C39H23N5S. The lowest BCUT2D eigenvalue weighted by Crippen LogP contribution is -2.06. The summed E-state index contributed by atoms with van der Waals surface area (Å²) in [7, 11) is 0. The molecule has 10 rings (SSSR count). The lowest BCUT2D eigenvalue weighted by Gasteiger charge is -2.11. The Bertz CT molecular complexity index is 3040. The number of thiophene rings is 1. The number of H-pyrrole nitrogens is 1. The van der Waals surface area contributed by atoms with Crippen LogP contribution in [0.15, 0.2) is 133 Å². The average Bonchev–Trinajstić information content (AvgIpc) is 3.82. The highest BCUT2D eigenvalue weighted by Crippen LogP contribution is 2.41. The number of aromatic nitrogens is 5. The van der Waals surface area contributed by atoms with Gasteiger partial charge in [-0.2, -0.15) is 9.97 Å². The second-order valence-electron chi connectivity index (χ2n) is 11.0. The van der Waals surface area contributed by atoms with Crippen LogP contribution in [0.1, 0.15) is 6.85 Å². The van der Waals surface area contributed by atoms with Crippen LogP contribution in [0, 0.1) is 0 Å². The summed E-state index contributed by atoms with van der Waals surface area (Å²) in [5.41, 5.74) is 4.43. The Balaban J connectivity index is 1.34. The predicted molar refractivity (Wildman–Crippen MR) is 187 cm³/mol. The van der Waals surface area contributed by atoms with Gasteiger partial charge >= 0.3 is 0 Å². The molecule has 0 amide bonds. The van der Waals surface area contributed by atoms with Crippen LogP contribution in [0.3, 0.4) is 0 Å². The number of hydrogen-bond donors (Lipinski definition) is 1. The van der Waals surface area contributed by atoms with Crippen LogP contribution in [0.25, 0.3) is 92.5 Å². The van der Waals surface area contributed by atoms with E-state index >= 15 is 0 Å². The van der Waals surface area contributed by atoms with Gasteiger partial charge in [-0.15, -0.1) is 11.3 Å². The van der Waals surface area contributed by atoms with Gasteiger partial charge < -0.3 is 4.98 Å². The minimum Gasteiger partial charge on any atom is -0.354 e. The molecule has 0 saturated heterocycles. The van der Waals surface area contributed by atoms with Crippen molar-refractivity contribution >= 4 is 75.1 Å². The molecule has 4 heterocycles. The van der Waals surface area contributed by atoms with Crippen molar-refractivity contribution in [2.45, 2.75) is 0 Å². The van der Waals surface area contributed by atoms with Crippen LogP contribution in [0.4, 0.5) is 0 Å². The number of hydrogen-bond acceptors (Lipinski definition) is 4. The van der Waals surface area contributed by atoms with Gasteiger partial charge in [-0.1, -0.05) is 103 Å². The van der Waals surface area contributed by atoms with Crippen molar-refractivity contribution in [3.8, 4) is 28.7 Å². The summed E-state index contributed by atoms with van der Waals surface area (Å²) in [5, 5.41) is 6.42. The van der Waals surface area contributed by atoms with Gasteiger partial charge in [-0.3, -0.25) is 4.57 Å². The van der Waals surface area contributed by atoms with E-state index in [1.54, 1.807) is 11.3 Å². The summed E-state index contributed by atoms with van der Waals surface area (Å²) >= 11 is 1.64. The quantitative estimate of drug-likeness (QED) is 0.220. The van der Waals surface area contributed by atoms with Crippen molar-refractivity contribution < 1.29 is 6.85 Å². The largest absolute Gasteiger partial charge is 0.354 e. The second-order valence-corrected chi connectivity index (χ2v) is 12.0. The maximum Gasteiger partial charge on any atom is 0.238 e. The molecule has 0 spiro atoms. The maximum absolute atomic E-state index is 8.82. The number of benzene rings is 6. The third kappa shape index (κ3) is 3.57. The summed E-state index contributed by atoms with van der Waals surface area (Å²) in [4.78, 5) is 18.6. The van der Waals surface area contributed by atoms with Gasteiger partial charge in [0.15, 0.2) is 11.6 Å². The molecule has 6 heteroatoms. The number of aromatic amines is 1. The number of para-hydroxylation sites is 2. The lowest BCUT2D eigenvalue weighted by molar-refractivity contribution is 0.954. The summed E-state index contributed by atoms with van der Waals surface area (Å²) in [5.74, 6) is 0.612. The lowest BCUT2D eigenvalue weighted by atomic mass is 10.1. The van der Waals surface area contributed by atoms with Crippen molar-refractivity contribution in [2.75, 3.05) is 0 Å². The van der Waals surface area contributed by atoms with Crippen LogP contribution in [0.2, 0.25) is 0 Å². The molecule has 5 nitrogen and oxygen atoms in total. The monoisotopic (exact) mass is 598 g/mol. The van der Waals surface area contributed by atoms with Crippen LogP contribution in [0.5, 0.6) is 0 Å². The molecule has 10 aromatic rings. The molecular weight excluding hydrogens is 571 g/mol. The summed E-state index contributed by atoms with van der Waals surface area (Å²) in [6, 6.07) is 32.6. The van der Waals surface area contributed by atoms with Gasteiger partial charge in [0.25, 0.3) is 0 Å². The minimum absolute atomic E-state index is 0.00210. The molecule has 0 atom stereocenters. The number of fused-ring (bicyclic) bond motifs is 10. The van der Waals surface area contributed by atoms with Crippen molar-refractivity contribution in [3.05, 3.63) is 133 Å². The molecule has 0 aliphatic heterocycles. The molecule has 0 aliphatic rings. The van der Waals surface area contributed by atoms with Gasteiger partial charge in [0, 0.05) is 58.4 Å². The third-order valence-corrected chi connectivity index (χ3v) is 9.73. The highest BCUT2D eigenvalue weighted by atomic mass is 32.1. The van der Waals surface area contributed by atoms with E-state index in [9.17, 15) is 0 Å². The highest BCUT2D eigenvalue weighted by molar-refractivity contribution is 7.26. The van der Waals surface area contributed by atoms with Crippen molar-refractivity contribution in [1.29, 1.82) is 0 Å². The summed E-state index contributed by atoms with van der Waals surface area (Å²) in [6.07, 6.45) is 0. The fourth-order valence-electron chi connectivity index (χ4n) is 6.57. The van der Waals surface area contributed by atoms with Gasteiger partial charge in [0.1, 0.15) is 0 Å². The van der Waals surface area contributed by atoms with E-state index in [0.717, 1.165) is 69.3 Å². The fourth-order valence-corrected chi connectivity index (χ4v) is 7.79. The van der Waals surface area contributed by atoms with Crippen molar-refractivity contribution in [1.82, 2.24) is 24.5 Å². The normalized spacial score (nSPS) is 13.6. The summed E-state index contributed by atoms with van der Waals surface area (Å²) in [6.45, 7) is 0. The Morgan fingerprint density at radius 1 is 0.600 bits per heavy atom. The van der Waals surface area contributed by atoms with Crippen LogP contribution in [-0.2, 0) is 0 Å². The van der Waals surface area contributed by atoms with E-state index < -0.39 is 18.1 Å². The molecule has 4 aromatic heterocycles. The molecule has 0 radical (unpaired) electrons. The molecule has 45 heavy (non-hydrogen) atoms. The zero-order valence-electron chi connectivity index (χ0n) is 28.5. The first-order valence-corrected chi connectivity index (χ1v) is 15.4. The minimum atomic E-state index is -0.474. The zero-order valence-corrected chi connectivity index (χ0v) is 24.3. The number of nitrogens with one attached hydrogen (secondary N) is 1. The van der Waals surface area contributed by atoms with E-state index in [-0.39, 0.29) is 29.4 Å². The topological polar surface area (TPSA) is 59.4 Å². The molecule has 0 unspecified atom stereocenters. The first kappa shape index (κ1) is 20.2. The second kappa shape index (κ2) is 9.32. The van der Waals surface area contributed by atoms with Crippen LogP contribution in [-0.4, -0.2) is 24.5 Å². The van der Waals surface area contributed by atoms with Crippen LogP contribution >= 0.6 is 11.3 Å². The third-order valence-electron chi connectivity index (χ3n) is 8.51. The van der Waals surface area contributed by atoms with E-state index in [2.05, 4.69) is 53.5 Å². The van der Waals surface area contributed by atoms with E-state index in [0.29, 0.717) is 5.82 Å². The smallest absolute Gasteiger partial charge is 0.238 e. The van der Waals surface area contributed by atoms with E-state index in [1.165, 1.54) is 0 Å². The Kier molecular flexibility index (Phi) is 4.18. The molecule has 0 fully saturated rings. The molecule has 0 bridgehead atoms. The Morgan fingerprint density at radius 3 is 2.27 bits per heavy atom. The number of rotatable bonds is 3. The first-order chi connectivity index (χ1) is 24.4. The SMILES string of the molecule is [2H]c1c([2H])c([2H])c(-c2nc(-c3cccc4c3sc3ccccc34)nc(-n3c4ccccc4c4c5[nH]c6ccccc6c5ccc43)n2)c([2H])c1[2H]. The zero-order chi connectivity index (χ0) is 33.8. The molecule has 0 aliphatic carbocycles. The molecule has 0 saturated carbocycles. The van der Waals surface area contributed by atoms with Gasteiger partial charge in [-0.25, -0.2) is 4.98 Å². The highest BCUT2D eigenvalue weighted by Gasteiger charge is 2.21. The van der Waals surface area contributed by atoms with E-state index in [4.69, 9.17) is 21.8 Å². The Hall–Kier alpha value is -5.85. The Labute approximate surface area is 268 Å². The predicted octanol–water partition coefficient (Wildman–Crippen LogP) is 10.3. The summed E-state index contributed by atoms with van der Waals surface area (Å²) < 4.78 is 46.8. The molecule has 1 N–H and O–H groups in total. The average molecular weight is 599 g/mol. The van der Waals surface area contributed by atoms with Gasteiger partial charge in [0.05, 0.1) is 23.4 Å².